The predicted octanol–water partition coefficient (Wildman–Crippen LogP) is 3.45. The first-order valence-electron chi connectivity index (χ1n) is 9.50. The summed E-state index contributed by atoms with van der Waals surface area (Å²) in [5.41, 5.74) is -2.40. The van der Waals surface area contributed by atoms with E-state index in [4.69, 9.17) is 11.6 Å². The molecule has 33 heavy (non-hydrogen) atoms. The van der Waals surface area contributed by atoms with Crippen molar-refractivity contribution in [3.63, 3.8) is 0 Å². The minimum atomic E-state index is -4.32. The fourth-order valence-electron chi connectivity index (χ4n) is 3.38. The molecule has 0 aliphatic carbocycles. The highest BCUT2D eigenvalue weighted by atomic mass is 35.5. The second-order valence-electron chi connectivity index (χ2n) is 7.37. The second kappa shape index (κ2) is 8.47. The molecule has 1 aliphatic heterocycles. The number of hydrogen-bond acceptors (Lipinski definition) is 5. The molecular weight excluding hydrogens is 490 g/mol. The third-order valence-corrected chi connectivity index (χ3v) is 6.99. The fraction of sp³-hybridized carbons (Fsp3) is 0.263. The van der Waals surface area contributed by atoms with Crippen molar-refractivity contribution in [2.45, 2.75) is 12.6 Å². The monoisotopic (exact) mass is 505 g/mol. The lowest BCUT2D eigenvalue weighted by molar-refractivity contribution is 0.343. The van der Waals surface area contributed by atoms with E-state index in [0.717, 1.165) is 14.9 Å². The van der Waals surface area contributed by atoms with E-state index in [9.17, 15) is 26.4 Å². The number of aromatic nitrogens is 2. The summed E-state index contributed by atoms with van der Waals surface area (Å²) in [6, 6.07) is 2.94. The van der Waals surface area contributed by atoms with Gasteiger partial charge in [-0.3, -0.25) is 9.52 Å². The highest BCUT2D eigenvalue weighted by molar-refractivity contribution is 7.90. The quantitative estimate of drug-likeness (QED) is 0.409. The van der Waals surface area contributed by atoms with E-state index >= 15 is 4.39 Å². The van der Waals surface area contributed by atoms with Gasteiger partial charge in [0.25, 0.3) is 5.56 Å². The number of alkyl halides is 1. The summed E-state index contributed by atoms with van der Waals surface area (Å²) in [4.78, 5) is 16.2. The lowest BCUT2D eigenvalue weighted by Gasteiger charge is -2.19. The first kappa shape index (κ1) is 23.3. The van der Waals surface area contributed by atoms with E-state index in [1.165, 1.54) is 19.4 Å². The summed E-state index contributed by atoms with van der Waals surface area (Å²) in [6.07, 6.45) is -0.156. The van der Waals surface area contributed by atoms with Gasteiger partial charge in [-0.25, -0.2) is 22.5 Å². The zero-order chi connectivity index (χ0) is 24.1. The Kier molecular flexibility index (Phi) is 5.97. The number of benzene rings is 2. The van der Waals surface area contributed by atoms with Gasteiger partial charge in [0.1, 0.15) is 11.6 Å². The Morgan fingerprint density at radius 3 is 2.58 bits per heavy atom. The van der Waals surface area contributed by atoms with E-state index in [1.54, 1.807) is 0 Å². The maximum atomic E-state index is 15.0. The van der Waals surface area contributed by atoms with Crippen LogP contribution in [0.2, 0.25) is 5.02 Å². The normalized spacial score (nSPS) is 17.0. The summed E-state index contributed by atoms with van der Waals surface area (Å²) in [6.45, 7) is -0.499. The molecule has 0 saturated carbocycles. The summed E-state index contributed by atoms with van der Waals surface area (Å²) in [7, 11) is -2.96. The number of nitrogens with one attached hydrogen (secondary N) is 2. The Morgan fingerprint density at radius 2 is 1.91 bits per heavy atom. The molecule has 0 unspecified atom stereocenters. The number of anilines is 3. The first-order chi connectivity index (χ1) is 15.5. The van der Waals surface area contributed by atoms with E-state index in [-0.39, 0.29) is 18.5 Å². The molecule has 1 aromatic heterocycles. The molecule has 1 saturated heterocycles. The summed E-state index contributed by atoms with van der Waals surface area (Å²) in [5, 5.41) is 1.29. The van der Waals surface area contributed by atoms with Crippen LogP contribution < -0.4 is 15.6 Å². The van der Waals surface area contributed by atoms with Gasteiger partial charge in [-0.2, -0.15) is 12.7 Å². The Bertz CT molecular complexity index is 1430. The van der Waals surface area contributed by atoms with E-state index in [0.29, 0.717) is 6.07 Å². The Labute approximate surface area is 190 Å². The molecule has 1 aliphatic rings. The van der Waals surface area contributed by atoms with Crippen LogP contribution in [0.3, 0.4) is 0 Å². The van der Waals surface area contributed by atoms with Crippen molar-refractivity contribution >= 4 is 49.8 Å². The molecule has 0 amide bonds. The van der Waals surface area contributed by atoms with Crippen molar-refractivity contribution < 1.29 is 26.0 Å². The smallest absolute Gasteiger partial charge is 0.301 e. The molecule has 2 aromatic carbocycles. The molecule has 3 aromatic rings. The van der Waals surface area contributed by atoms with Crippen LogP contribution in [0, 0.1) is 17.5 Å². The van der Waals surface area contributed by atoms with E-state index in [1.807, 2.05) is 4.72 Å². The minimum Gasteiger partial charge on any atom is -0.349 e. The summed E-state index contributed by atoms with van der Waals surface area (Å²) in [5.74, 6) is -4.08. The van der Waals surface area contributed by atoms with Crippen molar-refractivity contribution in [2.24, 2.45) is 7.05 Å². The van der Waals surface area contributed by atoms with Crippen LogP contribution >= 0.6 is 11.6 Å². The number of nitrogens with zero attached hydrogens (tertiary/aromatic N) is 3. The van der Waals surface area contributed by atoms with Gasteiger partial charge < -0.3 is 9.88 Å². The Morgan fingerprint density at radius 1 is 1.18 bits per heavy atom. The number of halogens is 5. The number of fused-ring (bicyclic) bond motifs is 1. The van der Waals surface area contributed by atoms with Crippen molar-refractivity contribution in [1.29, 1.82) is 0 Å². The highest BCUT2D eigenvalue weighted by Gasteiger charge is 2.32. The van der Waals surface area contributed by atoms with Gasteiger partial charge in [0.15, 0.2) is 17.5 Å². The predicted molar refractivity (Wildman–Crippen MR) is 115 cm³/mol. The van der Waals surface area contributed by atoms with E-state index < -0.39 is 73.4 Å². The molecule has 1 atom stereocenters. The van der Waals surface area contributed by atoms with Crippen molar-refractivity contribution in [3.8, 4) is 0 Å². The third-order valence-electron chi connectivity index (χ3n) is 5.11. The van der Waals surface area contributed by atoms with Gasteiger partial charge in [0, 0.05) is 26.2 Å². The van der Waals surface area contributed by atoms with Crippen LogP contribution in [0.4, 0.5) is 34.6 Å². The maximum Gasteiger partial charge on any atom is 0.301 e. The molecule has 0 spiro atoms. The number of aryl methyl sites for hydroxylation is 1. The molecule has 176 valence electrons. The highest BCUT2D eigenvalue weighted by Crippen LogP contribution is 2.38. The van der Waals surface area contributed by atoms with Crippen LogP contribution in [-0.4, -0.2) is 41.5 Å². The average Bonchev–Trinajstić information content (AvgIpc) is 3.20. The molecule has 1 fully saturated rings. The summed E-state index contributed by atoms with van der Waals surface area (Å²) >= 11 is 6.12. The zero-order valence-corrected chi connectivity index (χ0v) is 18.4. The number of hydrogen-bond donors (Lipinski definition) is 2. The largest absolute Gasteiger partial charge is 0.349 e. The van der Waals surface area contributed by atoms with Gasteiger partial charge in [0.2, 0.25) is 0 Å². The van der Waals surface area contributed by atoms with Crippen molar-refractivity contribution in [1.82, 2.24) is 13.9 Å². The average molecular weight is 506 g/mol. The van der Waals surface area contributed by atoms with Crippen LogP contribution in [0.15, 0.2) is 29.3 Å². The standard InChI is InChI=1S/C19H16ClF4N5O3S/c1-28-8-25-11-2-3-12(17(24)14(11)19(28)30)26-18-15(20)13(6-10(22)16(18)23)27-33(31,32)29-5-4-9(21)7-29/h2-3,6,8-9,26-27H,4-5,7H2,1H3/t9-/m1/s1. The van der Waals surface area contributed by atoms with Gasteiger partial charge in [0.05, 0.1) is 33.9 Å². The topological polar surface area (TPSA) is 96.3 Å². The lowest BCUT2D eigenvalue weighted by atomic mass is 10.2. The van der Waals surface area contributed by atoms with Crippen LogP contribution in [0.25, 0.3) is 10.9 Å². The molecule has 0 radical (unpaired) electrons. The Balaban J connectivity index is 1.75. The summed E-state index contributed by atoms with van der Waals surface area (Å²) < 4.78 is 86.1. The zero-order valence-electron chi connectivity index (χ0n) is 16.9. The van der Waals surface area contributed by atoms with Crippen molar-refractivity contribution in [2.75, 3.05) is 23.1 Å². The number of rotatable bonds is 5. The van der Waals surface area contributed by atoms with Crippen LogP contribution in [0.1, 0.15) is 6.42 Å². The SMILES string of the molecule is Cn1cnc2ccc(Nc3c(F)c(F)cc(NS(=O)(=O)N4CC[C@@H](F)C4)c3Cl)c(F)c2c1=O. The molecule has 2 N–H and O–H groups in total. The Hall–Kier alpha value is -2.90. The fourth-order valence-corrected chi connectivity index (χ4v) is 4.94. The molecule has 2 heterocycles. The molecule has 14 heteroatoms. The van der Waals surface area contributed by atoms with Gasteiger partial charge in [-0.15, -0.1) is 0 Å². The molecular formula is C19H16ClF4N5O3S. The van der Waals surface area contributed by atoms with E-state index in [2.05, 4.69) is 10.3 Å². The molecule has 8 nitrogen and oxygen atoms in total. The van der Waals surface area contributed by atoms with Gasteiger partial charge >= 0.3 is 10.2 Å². The molecule has 4 rings (SSSR count). The second-order valence-corrected chi connectivity index (χ2v) is 9.42. The van der Waals surface area contributed by atoms with Crippen LogP contribution in [0.5, 0.6) is 0 Å². The van der Waals surface area contributed by atoms with Gasteiger partial charge in [-0.05, 0) is 18.6 Å². The minimum absolute atomic E-state index is 0.00517. The van der Waals surface area contributed by atoms with Gasteiger partial charge in [-0.1, -0.05) is 11.6 Å². The third kappa shape index (κ3) is 4.23. The first-order valence-corrected chi connectivity index (χ1v) is 11.3. The van der Waals surface area contributed by atoms with Crippen molar-refractivity contribution in [3.05, 3.63) is 57.4 Å². The lowest BCUT2D eigenvalue weighted by Crippen LogP contribution is -2.34. The molecule has 0 bridgehead atoms. The van der Waals surface area contributed by atoms with Crippen LogP contribution in [-0.2, 0) is 17.3 Å². The maximum absolute atomic E-state index is 15.0.